The maximum atomic E-state index is 12.7. The number of carbonyl (C=O) groups excluding carboxylic acids is 1. The van der Waals surface area contributed by atoms with Crippen molar-refractivity contribution in [2.45, 2.75) is 38.3 Å². The Kier molecular flexibility index (Phi) is 9.49. The number of carboxylic acid groups (broad SMARTS) is 1. The van der Waals surface area contributed by atoms with Gasteiger partial charge in [-0.2, -0.15) is 15.0 Å². The quantitative estimate of drug-likeness (QED) is 0.269. The van der Waals surface area contributed by atoms with Crippen molar-refractivity contribution in [3.63, 3.8) is 0 Å². The van der Waals surface area contributed by atoms with Crippen LogP contribution in [-0.4, -0.2) is 94.5 Å². The molecule has 1 atom stereocenters. The highest BCUT2D eigenvalue weighted by Gasteiger charge is 2.21. The summed E-state index contributed by atoms with van der Waals surface area (Å²) in [6.45, 7) is 1.93. The number of imidazole rings is 1. The molecule has 1 saturated heterocycles. The normalized spacial score (nSPS) is 15.8. The van der Waals surface area contributed by atoms with E-state index >= 15 is 0 Å². The summed E-state index contributed by atoms with van der Waals surface area (Å²) < 4.78 is 17.5. The molecule has 0 radical (unpaired) electrons. The van der Waals surface area contributed by atoms with E-state index in [0.29, 0.717) is 30.4 Å². The smallest absolute Gasteiger partial charge is 0.341 e. The second-order valence-corrected chi connectivity index (χ2v) is 9.44. The Morgan fingerprint density at radius 1 is 1.13 bits per heavy atom. The number of hydrogen-bond acceptors (Lipinski definition) is 10. The van der Waals surface area contributed by atoms with E-state index in [9.17, 15) is 9.59 Å². The van der Waals surface area contributed by atoms with E-state index in [1.54, 1.807) is 23.8 Å². The van der Waals surface area contributed by atoms with Gasteiger partial charge in [0.1, 0.15) is 6.61 Å². The molecule has 39 heavy (non-hydrogen) atoms. The van der Waals surface area contributed by atoms with Gasteiger partial charge in [0.25, 0.3) is 11.9 Å². The van der Waals surface area contributed by atoms with E-state index < -0.39 is 12.6 Å². The number of methoxy groups -OCH3 is 1. The number of anilines is 1. The van der Waals surface area contributed by atoms with E-state index in [1.807, 2.05) is 12.1 Å². The fourth-order valence-corrected chi connectivity index (χ4v) is 4.55. The summed E-state index contributed by atoms with van der Waals surface area (Å²) in [7, 11) is 3.69. The molecule has 4 rings (SSSR count). The van der Waals surface area contributed by atoms with E-state index in [4.69, 9.17) is 25.1 Å². The van der Waals surface area contributed by atoms with E-state index in [1.165, 1.54) is 19.3 Å². The lowest BCUT2D eigenvalue weighted by molar-refractivity contribution is -0.139. The number of nitrogens with one attached hydrogen (secondary N) is 1. The van der Waals surface area contributed by atoms with Crippen molar-refractivity contribution in [2.75, 3.05) is 52.8 Å². The van der Waals surface area contributed by atoms with Crippen LogP contribution in [-0.2, 0) is 16.1 Å². The van der Waals surface area contributed by atoms with Crippen molar-refractivity contribution >= 4 is 28.9 Å². The van der Waals surface area contributed by atoms with Gasteiger partial charge in [0, 0.05) is 25.3 Å². The zero-order chi connectivity index (χ0) is 27.8. The van der Waals surface area contributed by atoms with Crippen LogP contribution < -0.4 is 20.5 Å². The van der Waals surface area contributed by atoms with Crippen molar-refractivity contribution < 1.29 is 28.9 Å². The molecule has 1 aliphatic heterocycles. The predicted molar refractivity (Wildman–Crippen MR) is 143 cm³/mol. The number of aliphatic carboxylic acids is 1. The highest BCUT2D eigenvalue weighted by Crippen LogP contribution is 2.27. The number of nitrogens with two attached hydrogens (primary N) is 1. The minimum Gasteiger partial charge on any atom is -0.479 e. The number of benzene rings is 1. The Morgan fingerprint density at radius 2 is 1.92 bits per heavy atom. The number of hydrogen-bond donors (Lipinski definition) is 3. The lowest BCUT2D eigenvalue weighted by Gasteiger charge is -2.32. The monoisotopic (exact) mass is 541 g/mol. The largest absolute Gasteiger partial charge is 0.479 e. The average molecular weight is 542 g/mol. The molecule has 0 bridgehead atoms. The molecule has 210 valence electrons. The van der Waals surface area contributed by atoms with Gasteiger partial charge in [-0.15, -0.1) is 0 Å². The Bertz CT molecular complexity index is 1280. The molecule has 3 heterocycles. The van der Waals surface area contributed by atoms with Crippen LogP contribution in [0.15, 0.2) is 24.3 Å². The number of piperidine rings is 1. The Balaban J connectivity index is 1.48. The zero-order valence-electron chi connectivity index (χ0n) is 22.3. The number of carboxylic acids is 1. The van der Waals surface area contributed by atoms with Crippen LogP contribution in [0.1, 0.15) is 41.6 Å². The molecule has 1 fully saturated rings. The Morgan fingerprint density at radius 3 is 2.64 bits per heavy atom. The SMILES string of the molecule is COCCOc1nc(N)c2nc(OCC(=O)O)n(Cc3ccc(C(=O)NCCC4CCCCN4C)cc3)c2n1. The summed E-state index contributed by atoms with van der Waals surface area (Å²) in [5.74, 6) is -1.21. The van der Waals surface area contributed by atoms with Crippen LogP contribution in [0.4, 0.5) is 5.82 Å². The minimum absolute atomic E-state index is 0.0249. The summed E-state index contributed by atoms with van der Waals surface area (Å²) in [6, 6.07) is 7.70. The van der Waals surface area contributed by atoms with E-state index in [-0.39, 0.29) is 42.4 Å². The molecule has 0 saturated carbocycles. The van der Waals surface area contributed by atoms with Gasteiger partial charge in [-0.1, -0.05) is 18.6 Å². The fourth-order valence-electron chi connectivity index (χ4n) is 4.55. The van der Waals surface area contributed by atoms with Gasteiger partial charge in [-0.3, -0.25) is 9.36 Å². The third kappa shape index (κ3) is 7.33. The molecule has 0 aliphatic carbocycles. The molecule has 13 heteroatoms. The van der Waals surface area contributed by atoms with Crippen LogP contribution in [0.25, 0.3) is 11.2 Å². The minimum atomic E-state index is -1.15. The summed E-state index contributed by atoms with van der Waals surface area (Å²) in [5, 5.41) is 12.1. The van der Waals surface area contributed by atoms with Crippen molar-refractivity contribution in [1.29, 1.82) is 0 Å². The number of nitrogens with zero attached hydrogens (tertiary/aromatic N) is 5. The summed E-state index contributed by atoms with van der Waals surface area (Å²) in [4.78, 5) is 39.0. The number of nitrogen functional groups attached to an aromatic ring is 1. The van der Waals surface area contributed by atoms with Gasteiger partial charge < -0.3 is 35.3 Å². The first-order valence-corrected chi connectivity index (χ1v) is 12.9. The fraction of sp³-hybridized carbons (Fsp3) is 0.500. The molecular formula is C26H35N7O6. The molecule has 1 unspecified atom stereocenters. The summed E-state index contributed by atoms with van der Waals surface area (Å²) in [5.41, 5.74) is 8.03. The highest BCUT2D eigenvalue weighted by atomic mass is 16.5. The number of rotatable bonds is 13. The number of likely N-dealkylation sites (tertiary alicyclic amines) is 1. The number of amides is 1. The number of aromatic nitrogens is 4. The van der Waals surface area contributed by atoms with Crippen molar-refractivity contribution in [3.8, 4) is 12.0 Å². The van der Waals surface area contributed by atoms with Crippen LogP contribution >= 0.6 is 0 Å². The van der Waals surface area contributed by atoms with Crippen LogP contribution in [0.3, 0.4) is 0 Å². The van der Waals surface area contributed by atoms with Gasteiger partial charge in [-0.05, 0) is 50.6 Å². The number of ether oxygens (including phenoxy) is 3. The zero-order valence-corrected chi connectivity index (χ0v) is 22.3. The molecule has 3 aromatic rings. The van der Waals surface area contributed by atoms with Crippen molar-refractivity contribution in [3.05, 3.63) is 35.4 Å². The van der Waals surface area contributed by atoms with Gasteiger partial charge in [-0.25, -0.2) is 4.79 Å². The van der Waals surface area contributed by atoms with Gasteiger partial charge >= 0.3 is 12.0 Å². The molecule has 13 nitrogen and oxygen atoms in total. The van der Waals surface area contributed by atoms with E-state index in [0.717, 1.165) is 18.5 Å². The maximum Gasteiger partial charge on any atom is 0.341 e. The van der Waals surface area contributed by atoms with Crippen LogP contribution in [0.2, 0.25) is 0 Å². The second-order valence-electron chi connectivity index (χ2n) is 9.44. The molecule has 1 amide bonds. The van der Waals surface area contributed by atoms with Crippen LogP contribution in [0, 0.1) is 0 Å². The molecule has 1 aromatic carbocycles. The summed E-state index contributed by atoms with van der Waals surface area (Å²) >= 11 is 0. The molecular weight excluding hydrogens is 506 g/mol. The molecule has 0 spiro atoms. The second kappa shape index (κ2) is 13.2. The lowest BCUT2D eigenvalue weighted by atomic mass is 10.00. The average Bonchev–Trinajstić information content (AvgIpc) is 3.26. The number of carbonyl (C=O) groups is 2. The van der Waals surface area contributed by atoms with Crippen LogP contribution in [0.5, 0.6) is 12.0 Å². The maximum absolute atomic E-state index is 12.7. The lowest BCUT2D eigenvalue weighted by Crippen LogP contribution is -2.39. The summed E-state index contributed by atoms with van der Waals surface area (Å²) in [6.07, 6.45) is 4.56. The third-order valence-corrected chi connectivity index (χ3v) is 6.65. The third-order valence-electron chi connectivity index (χ3n) is 6.65. The molecule has 1 aliphatic rings. The van der Waals surface area contributed by atoms with Crippen molar-refractivity contribution in [1.82, 2.24) is 29.7 Å². The van der Waals surface area contributed by atoms with Gasteiger partial charge in [0.15, 0.2) is 23.6 Å². The topological polar surface area (TPSA) is 167 Å². The molecule has 4 N–H and O–H groups in total. The van der Waals surface area contributed by atoms with Crippen molar-refractivity contribution in [2.24, 2.45) is 0 Å². The first-order chi connectivity index (χ1) is 18.9. The standard InChI is InChI=1S/C26H35N7O6/c1-32-12-4-3-5-19(32)10-11-28-24(36)18-8-6-17(7-9-18)15-33-23-21(29-26(33)39-16-20(34)35)22(27)30-25(31-23)38-14-13-37-2/h6-9,19H,3-5,10-16H2,1-2H3,(H,28,36)(H,34,35)(H2,27,30,31). The predicted octanol–water partition coefficient (Wildman–Crippen LogP) is 1.55. The first-order valence-electron chi connectivity index (χ1n) is 12.9. The van der Waals surface area contributed by atoms with Gasteiger partial charge in [0.05, 0.1) is 13.2 Å². The first kappa shape index (κ1) is 28.0. The molecule has 2 aromatic heterocycles. The highest BCUT2D eigenvalue weighted by molar-refractivity contribution is 5.94. The van der Waals surface area contributed by atoms with E-state index in [2.05, 4.69) is 32.2 Å². The Hall–Kier alpha value is -3.97. The Labute approximate surface area is 226 Å². The van der Waals surface area contributed by atoms with Gasteiger partial charge in [0.2, 0.25) is 0 Å². The number of fused-ring (bicyclic) bond motifs is 1.